The highest BCUT2D eigenvalue weighted by Gasteiger charge is 2.34. The molecule has 2 N–H and O–H groups in total. The van der Waals surface area contributed by atoms with Gasteiger partial charge in [0.2, 0.25) is 11.8 Å². The van der Waals surface area contributed by atoms with Gasteiger partial charge in [-0.15, -0.1) is 0 Å². The molecule has 9 nitrogen and oxygen atoms in total. The molecule has 3 aliphatic rings. The van der Waals surface area contributed by atoms with Crippen molar-refractivity contribution in [3.05, 3.63) is 41.4 Å². The van der Waals surface area contributed by atoms with E-state index in [1.54, 1.807) is 6.20 Å². The fraction of sp³-hybridized carbons (Fsp3) is 0.560. The van der Waals surface area contributed by atoms with Gasteiger partial charge in [-0.25, -0.2) is 9.97 Å². The average molecular weight is 462 g/mol. The lowest BCUT2D eigenvalue weighted by Gasteiger charge is -2.24. The maximum Gasteiger partial charge on any atom is 0.228 e. The first-order valence-corrected chi connectivity index (χ1v) is 12.6. The van der Waals surface area contributed by atoms with Crippen molar-refractivity contribution in [2.75, 3.05) is 16.8 Å². The molecule has 1 saturated heterocycles. The molecule has 6 rings (SSSR count). The Balaban J connectivity index is 1.24. The minimum atomic E-state index is -0.248. The van der Waals surface area contributed by atoms with Gasteiger partial charge in [0, 0.05) is 29.8 Å². The van der Waals surface area contributed by atoms with Crippen LogP contribution < -0.4 is 10.2 Å². The van der Waals surface area contributed by atoms with Gasteiger partial charge in [0.15, 0.2) is 11.6 Å². The number of nitrogens with one attached hydrogen (secondary N) is 2. The Morgan fingerprint density at radius 2 is 2.03 bits per heavy atom. The monoisotopic (exact) mass is 461 g/mol. The third-order valence-corrected chi connectivity index (χ3v) is 7.50. The van der Waals surface area contributed by atoms with Gasteiger partial charge in [-0.1, -0.05) is 19.3 Å². The summed E-state index contributed by atoms with van der Waals surface area (Å²) in [6.07, 6.45) is 14.4. The van der Waals surface area contributed by atoms with Crippen LogP contribution in [0.4, 0.5) is 17.6 Å². The smallest absolute Gasteiger partial charge is 0.228 e. The number of hydrogen-bond donors (Lipinski definition) is 2. The van der Waals surface area contributed by atoms with Crippen molar-refractivity contribution >= 4 is 23.4 Å². The van der Waals surface area contributed by atoms with Crippen molar-refractivity contribution < 1.29 is 9.21 Å². The fourth-order valence-electron chi connectivity index (χ4n) is 5.74. The minimum Gasteiger partial charge on any atom is -0.449 e. The predicted molar refractivity (Wildman–Crippen MR) is 127 cm³/mol. The molecule has 0 spiro atoms. The summed E-state index contributed by atoms with van der Waals surface area (Å²) in [4.78, 5) is 29.0. The maximum absolute atomic E-state index is 13.0. The summed E-state index contributed by atoms with van der Waals surface area (Å²) < 4.78 is 5.29. The van der Waals surface area contributed by atoms with E-state index in [1.807, 2.05) is 0 Å². The van der Waals surface area contributed by atoms with Crippen LogP contribution in [0.25, 0.3) is 0 Å². The van der Waals surface area contributed by atoms with Gasteiger partial charge in [0.1, 0.15) is 12.1 Å². The third-order valence-electron chi connectivity index (χ3n) is 7.50. The van der Waals surface area contributed by atoms with E-state index in [1.165, 1.54) is 49.6 Å². The van der Waals surface area contributed by atoms with Gasteiger partial charge in [0.05, 0.1) is 24.4 Å². The summed E-state index contributed by atoms with van der Waals surface area (Å²) in [6.45, 7) is 0.772. The van der Waals surface area contributed by atoms with E-state index in [0.717, 1.165) is 56.0 Å². The molecule has 0 bridgehead atoms. The molecular weight excluding hydrogens is 430 g/mol. The lowest BCUT2D eigenvalue weighted by molar-refractivity contribution is -0.119. The summed E-state index contributed by atoms with van der Waals surface area (Å²) in [5, 5.41) is 11.3. The summed E-state index contributed by atoms with van der Waals surface area (Å²) in [5.41, 5.74) is 3.47. The second-order valence-electron chi connectivity index (χ2n) is 9.74. The molecule has 2 aliphatic carbocycles. The van der Waals surface area contributed by atoms with E-state index in [9.17, 15) is 4.79 Å². The molecule has 0 aromatic carbocycles. The molecular formula is C25H31N7O2. The van der Waals surface area contributed by atoms with E-state index >= 15 is 0 Å². The number of carbonyl (C=O) groups is 1. The number of hydrogen-bond acceptors (Lipinski definition) is 8. The largest absolute Gasteiger partial charge is 0.449 e. The van der Waals surface area contributed by atoms with Crippen LogP contribution >= 0.6 is 0 Å². The molecule has 4 heterocycles. The molecule has 1 saturated carbocycles. The number of nitrogens with zero attached hydrogens (tertiary/aromatic N) is 5. The van der Waals surface area contributed by atoms with Gasteiger partial charge in [-0.3, -0.25) is 9.89 Å². The molecule has 178 valence electrons. The van der Waals surface area contributed by atoms with Crippen molar-refractivity contribution in [2.45, 2.75) is 82.6 Å². The highest BCUT2D eigenvalue weighted by atomic mass is 16.3. The molecule has 1 atom stereocenters. The Morgan fingerprint density at radius 3 is 2.88 bits per heavy atom. The number of ketones is 1. The van der Waals surface area contributed by atoms with Crippen molar-refractivity contribution in [1.82, 2.24) is 25.1 Å². The highest BCUT2D eigenvalue weighted by molar-refractivity contribution is 5.88. The molecule has 1 unspecified atom stereocenters. The number of aromatic amines is 1. The van der Waals surface area contributed by atoms with Gasteiger partial charge in [0.25, 0.3) is 0 Å². The second kappa shape index (κ2) is 9.19. The second-order valence-corrected chi connectivity index (χ2v) is 9.74. The molecule has 3 aromatic rings. The van der Waals surface area contributed by atoms with Crippen LogP contribution in [-0.4, -0.2) is 43.5 Å². The normalized spacial score (nSPS) is 20.6. The van der Waals surface area contributed by atoms with Crippen LogP contribution in [0.1, 0.15) is 80.1 Å². The van der Waals surface area contributed by atoms with Crippen LogP contribution in [0.3, 0.4) is 0 Å². The fourth-order valence-corrected chi connectivity index (χ4v) is 5.74. The lowest BCUT2D eigenvalue weighted by Crippen LogP contribution is -2.38. The maximum atomic E-state index is 13.0. The van der Waals surface area contributed by atoms with Crippen molar-refractivity contribution in [3.63, 3.8) is 0 Å². The quantitative estimate of drug-likeness (QED) is 0.537. The number of anilines is 3. The first kappa shape index (κ1) is 21.3. The predicted octanol–water partition coefficient (Wildman–Crippen LogP) is 4.25. The van der Waals surface area contributed by atoms with Crippen molar-refractivity contribution in [1.29, 1.82) is 0 Å². The number of Topliss-reactive ketones (excluding diaryl/α,β-unsaturated/α-hetero) is 1. The standard InChI is InChI=1S/C25H31N7O2/c33-21(15-23-26-11-13-34-23)20-10-5-12-32(20)25-27-18-9-4-8-17(18)24(29-25)28-22-14-19(30-31-22)16-6-2-1-3-7-16/h11,13-14,16,20H,1-10,12,15H2,(H2,27,28,29,30,31). The molecule has 3 aromatic heterocycles. The Hall–Kier alpha value is -3.23. The Labute approximate surface area is 198 Å². The van der Waals surface area contributed by atoms with E-state index in [-0.39, 0.29) is 18.2 Å². The number of aryl methyl sites for hydroxylation is 1. The molecule has 9 heteroatoms. The third kappa shape index (κ3) is 4.19. The summed E-state index contributed by atoms with van der Waals surface area (Å²) in [5.74, 6) is 3.39. The van der Waals surface area contributed by atoms with Gasteiger partial charge >= 0.3 is 0 Å². The van der Waals surface area contributed by atoms with Crippen LogP contribution in [0, 0.1) is 0 Å². The van der Waals surface area contributed by atoms with Gasteiger partial charge in [-0.2, -0.15) is 10.1 Å². The van der Waals surface area contributed by atoms with E-state index in [0.29, 0.717) is 17.8 Å². The van der Waals surface area contributed by atoms with Crippen LogP contribution in [0.2, 0.25) is 0 Å². The first-order chi connectivity index (χ1) is 16.7. The lowest BCUT2D eigenvalue weighted by atomic mass is 9.87. The summed E-state index contributed by atoms with van der Waals surface area (Å²) in [6, 6.07) is 1.89. The average Bonchev–Trinajstić information content (AvgIpc) is 3.67. The van der Waals surface area contributed by atoms with Crippen LogP contribution in [-0.2, 0) is 24.1 Å². The Kier molecular flexibility index (Phi) is 5.76. The molecule has 2 fully saturated rings. The molecule has 34 heavy (non-hydrogen) atoms. The molecule has 0 amide bonds. The Bertz CT molecular complexity index is 1150. The molecule has 0 radical (unpaired) electrons. The summed E-state index contributed by atoms with van der Waals surface area (Å²) in [7, 11) is 0. The summed E-state index contributed by atoms with van der Waals surface area (Å²) >= 11 is 0. The Morgan fingerprint density at radius 1 is 1.12 bits per heavy atom. The van der Waals surface area contributed by atoms with E-state index in [2.05, 4.69) is 31.5 Å². The number of H-pyrrole nitrogens is 1. The van der Waals surface area contributed by atoms with E-state index < -0.39 is 0 Å². The highest BCUT2D eigenvalue weighted by Crippen LogP contribution is 2.35. The number of aromatic nitrogens is 5. The minimum absolute atomic E-state index is 0.1000. The van der Waals surface area contributed by atoms with Crippen LogP contribution in [0.5, 0.6) is 0 Å². The number of oxazole rings is 1. The van der Waals surface area contributed by atoms with Crippen molar-refractivity contribution in [3.8, 4) is 0 Å². The SMILES string of the molecule is O=C(Cc1ncco1)C1CCCN1c1nc2c(c(Nc3cc(C4CCCCC4)[nH]n3)n1)CCC2. The van der Waals surface area contributed by atoms with E-state index in [4.69, 9.17) is 14.4 Å². The molecule has 1 aliphatic heterocycles. The number of fused-ring (bicyclic) bond motifs is 1. The topological polar surface area (TPSA) is 113 Å². The van der Waals surface area contributed by atoms with Gasteiger partial charge < -0.3 is 14.6 Å². The zero-order valence-corrected chi connectivity index (χ0v) is 19.4. The zero-order chi connectivity index (χ0) is 22.9. The number of carbonyl (C=O) groups excluding carboxylic acids is 1. The zero-order valence-electron chi connectivity index (χ0n) is 19.4. The van der Waals surface area contributed by atoms with Crippen molar-refractivity contribution in [2.24, 2.45) is 0 Å². The van der Waals surface area contributed by atoms with Gasteiger partial charge in [-0.05, 0) is 44.9 Å². The van der Waals surface area contributed by atoms with Crippen LogP contribution in [0.15, 0.2) is 22.9 Å². The first-order valence-electron chi connectivity index (χ1n) is 12.6. The number of rotatable bonds is 7.